The minimum Gasteiger partial charge on any atom is -0.261 e. The molecule has 1 aromatic heterocycles. The van der Waals surface area contributed by atoms with Crippen LogP contribution in [0.2, 0.25) is 0 Å². The number of rotatable bonds is 4. The zero-order valence-electron chi connectivity index (χ0n) is 8.88. The summed E-state index contributed by atoms with van der Waals surface area (Å²) in [7, 11) is 0. The molecule has 0 N–H and O–H groups in total. The minimum atomic E-state index is 0.818. The van der Waals surface area contributed by atoms with E-state index >= 15 is 0 Å². The second-order valence-electron chi connectivity index (χ2n) is 4.09. The lowest BCUT2D eigenvalue weighted by Crippen LogP contribution is -1.92. The van der Waals surface area contributed by atoms with Crippen LogP contribution in [0.3, 0.4) is 0 Å². The highest BCUT2D eigenvalue weighted by molar-refractivity contribution is 5.12. The fourth-order valence-electron chi connectivity index (χ4n) is 1.36. The van der Waals surface area contributed by atoms with E-state index in [4.69, 9.17) is 0 Å². The van der Waals surface area contributed by atoms with Crippen LogP contribution >= 0.6 is 0 Å². The van der Waals surface area contributed by atoms with Gasteiger partial charge in [-0.25, -0.2) is 0 Å². The topological polar surface area (TPSA) is 12.9 Å². The van der Waals surface area contributed by atoms with Gasteiger partial charge < -0.3 is 0 Å². The maximum absolute atomic E-state index is 4.28. The molecule has 72 valence electrons. The van der Waals surface area contributed by atoms with Gasteiger partial charge >= 0.3 is 0 Å². The van der Waals surface area contributed by atoms with E-state index in [0.29, 0.717) is 0 Å². The van der Waals surface area contributed by atoms with Gasteiger partial charge in [0.05, 0.1) is 0 Å². The minimum absolute atomic E-state index is 0.818. The first-order valence-corrected chi connectivity index (χ1v) is 5.10. The molecule has 1 rings (SSSR count). The van der Waals surface area contributed by atoms with Crippen molar-refractivity contribution in [3.05, 3.63) is 29.6 Å². The van der Waals surface area contributed by atoms with Gasteiger partial charge in [0, 0.05) is 11.9 Å². The van der Waals surface area contributed by atoms with Gasteiger partial charge in [0.25, 0.3) is 0 Å². The highest BCUT2D eigenvalue weighted by Crippen LogP contribution is 2.09. The average Bonchev–Trinajstić information content (AvgIpc) is 2.08. The van der Waals surface area contributed by atoms with Crippen molar-refractivity contribution >= 4 is 0 Å². The second kappa shape index (κ2) is 5.00. The normalized spacial score (nSPS) is 10.8. The van der Waals surface area contributed by atoms with Crippen molar-refractivity contribution < 1.29 is 0 Å². The first-order chi connectivity index (χ1) is 6.18. The first-order valence-electron chi connectivity index (χ1n) is 5.10. The van der Waals surface area contributed by atoms with Crippen molar-refractivity contribution in [2.75, 3.05) is 0 Å². The van der Waals surface area contributed by atoms with Crippen LogP contribution in [0.5, 0.6) is 0 Å². The Balaban J connectivity index is 2.33. The highest BCUT2D eigenvalue weighted by Gasteiger charge is 1.96. The third-order valence-corrected chi connectivity index (χ3v) is 2.22. The Kier molecular flexibility index (Phi) is 3.94. The summed E-state index contributed by atoms with van der Waals surface area (Å²) in [5, 5.41) is 0. The molecule has 0 atom stereocenters. The summed E-state index contributed by atoms with van der Waals surface area (Å²) < 4.78 is 0. The number of aryl methyl sites for hydroxylation is 2. The fourth-order valence-corrected chi connectivity index (χ4v) is 1.36. The molecule has 1 heterocycles. The average molecular weight is 177 g/mol. The van der Waals surface area contributed by atoms with Crippen molar-refractivity contribution in [1.29, 1.82) is 0 Å². The lowest BCUT2D eigenvalue weighted by molar-refractivity contribution is 0.555. The summed E-state index contributed by atoms with van der Waals surface area (Å²) in [5.41, 5.74) is 2.47. The molecule has 0 fully saturated rings. The molecule has 0 aromatic carbocycles. The van der Waals surface area contributed by atoms with Crippen molar-refractivity contribution in [1.82, 2.24) is 4.98 Å². The van der Waals surface area contributed by atoms with Crippen LogP contribution in [0.25, 0.3) is 0 Å². The number of hydrogen-bond donors (Lipinski definition) is 0. The predicted octanol–water partition coefficient (Wildman–Crippen LogP) is 3.37. The first kappa shape index (κ1) is 10.2. The Bertz CT molecular complexity index is 236. The number of pyridine rings is 1. The summed E-state index contributed by atoms with van der Waals surface area (Å²) in [4.78, 5) is 4.28. The summed E-state index contributed by atoms with van der Waals surface area (Å²) >= 11 is 0. The Morgan fingerprint density at radius 3 is 2.62 bits per heavy atom. The molecular formula is C12H19N. The van der Waals surface area contributed by atoms with Crippen LogP contribution in [0.1, 0.15) is 37.9 Å². The summed E-state index contributed by atoms with van der Waals surface area (Å²) in [6.07, 6.45) is 5.76. The standard InChI is InChI=1S/C12H19N/c1-10(2)5-4-6-12-8-7-11(3)13-9-12/h7-10H,4-6H2,1-3H3. The van der Waals surface area contributed by atoms with E-state index in [1.807, 2.05) is 13.1 Å². The highest BCUT2D eigenvalue weighted by atomic mass is 14.6. The van der Waals surface area contributed by atoms with E-state index in [-0.39, 0.29) is 0 Å². The van der Waals surface area contributed by atoms with Crippen LogP contribution in [-0.4, -0.2) is 4.98 Å². The smallest absolute Gasteiger partial charge is 0.0372 e. The number of nitrogens with zero attached hydrogens (tertiary/aromatic N) is 1. The second-order valence-corrected chi connectivity index (χ2v) is 4.09. The fraction of sp³-hybridized carbons (Fsp3) is 0.583. The molecule has 0 aliphatic carbocycles. The van der Waals surface area contributed by atoms with Crippen LogP contribution in [0.4, 0.5) is 0 Å². The maximum atomic E-state index is 4.28. The molecule has 13 heavy (non-hydrogen) atoms. The quantitative estimate of drug-likeness (QED) is 0.687. The zero-order chi connectivity index (χ0) is 9.68. The Morgan fingerprint density at radius 2 is 2.08 bits per heavy atom. The SMILES string of the molecule is Cc1ccc(CCCC(C)C)cn1. The van der Waals surface area contributed by atoms with Crippen molar-refractivity contribution in [3.8, 4) is 0 Å². The lowest BCUT2D eigenvalue weighted by Gasteiger charge is -2.04. The van der Waals surface area contributed by atoms with E-state index in [9.17, 15) is 0 Å². The predicted molar refractivity (Wildman–Crippen MR) is 56.8 cm³/mol. The summed E-state index contributed by atoms with van der Waals surface area (Å²) in [6, 6.07) is 4.27. The van der Waals surface area contributed by atoms with Crippen LogP contribution < -0.4 is 0 Å². The molecule has 0 saturated carbocycles. The van der Waals surface area contributed by atoms with Gasteiger partial charge in [0.1, 0.15) is 0 Å². The molecule has 1 aromatic rings. The monoisotopic (exact) mass is 177 g/mol. The summed E-state index contributed by atoms with van der Waals surface area (Å²) in [6.45, 7) is 6.57. The third-order valence-electron chi connectivity index (χ3n) is 2.22. The van der Waals surface area contributed by atoms with Gasteiger partial charge in [-0.3, -0.25) is 4.98 Å². The van der Waals surface area contributed by atoms with Crippen LogP contribution in [0, 0.1) is 12.8 Å². The molecule has 1 heteroatoms. The zero-order valence-corrected chi connectivity index (χ0v) is 8.88. The molecular weight excluding hydrogens is 158 g/mol. The molecule has 0 unspecified atom stereocenters. The van der Waals surface area contributed by atoms with E-state index < -0.39 is 0 Å². The Morgan fingerprint density at radius 1 is 1.31 bits per heavy atom. The van der Waals surface area contributed by atoms with Gasteiger partial charge in [-0.2, -0.15) is 0 Å². The van der Waals surface area contributed by atoms with E-state index in [1.165, 1.54) is 24.8 Å². The molecule has 0 amide bonds. The molecule has 0 aliphatic heterocycles. The van der Waals surface area contributed by atoms with Crippen molar-refractivity contribution in [2.24, 2.45) is 5.92 Å². The van der Waals surface area contributed by atoms with Gasteiger partial charge in [-0.1, -0.05) is 26.3 Å². The van der Waals surface area contributed by atoms with E-state index in [2.05, 4.69) is 31.0 Å². The lowest BCUT2D eigenvalue weighted by atomic mass is 10.0. The van der Waals surface area contributed by atoms with Crippen molar-refractivity contribution in [2.45, 2.75) is 40.0 Å². The van der Waals surface area contributed by atoms with Crippen molar-refractivity contribution in [3.63, 3.8) is 0 Å². The van der Waals surface area contributed by atoms with Gasteiger partial charge in [-0.15, -0.1) is 0 Å². The van der Waals surface area contributed by atoms with Gasteiger partial charge in [0.15, 0.2) is 0 Å². The van der Waals surface area contributed by atoms with Crippen LogP contribution in [-0.2, 0) is 6.42 Å². The molecule has 0 bridgehead atoms. The molecule has 1 nitrogen and oxygen atoms in total. The van der Waals surface area contributed by atoms with E-state index in [0.717, 1.165) is 11.6 Å². The third kappa shape index (κ3) is 4.07. The van der Waals surface area contributed by atoms with Crippen LogP contribution in [0.15, 0.2) is 18.3 Å². The maximum Gasteiger partial charge on any atom is 0.0372 e. The molecule has 0 saturated heterocycles. The number of aromatic nitrogens is 1. The van der Waals surface area contributed by atoms with Gasteiger partial charge in [-0.05, 0) is 37.3 Å². The Labute approximate surface area is 81.2 Å². The van der Waals surface area contributed by atoms with Gasteiger partial charge in [0.2, 0.25) is 0 Å². The van der Waals surface area contributed by atoms with E-state index in [1.54, 1.807) is 0 Å². The molecule has 0 radical (unpaired) electrons. The summed E-state index contributed by atoms with van der Waals surface area (Å²) in [5.74, 6) is 0.818. The molecule has 0 aliphatic rings. The molecule has 0 spiro atoms. The largest absolute Gasteiger partial charge is 0.261 e. The number of hydrogen-bond acceptors (Lipinski definition) is 1. The Hall–Kier alpha value is -0.850.